The van der Waals surface area contributed by atoms with E-state index in [0.717, 1.165) is 36.0 Å². The number of thiophene rings is 1. The van der Waals surface area contributed by atoms with Crippen LogP contribution in [0, 0.1) is 5.92 Å². The van der Waals surface area contributed by atoms with Crippen molar-refractivity contribution < 1.29 is 14.4 Å². The van der Waals surface area contributed by atoms with Gasteiger partial charge in [0.05, 0.1) is 16.5 Å². The molecule has 0 aliphatic carbocycles. The van der Waals surface area contributed by atoms with Crippen LogP contribution in [0.3, 0.4) is 0 Å². The van der Waals surface area contributed by atoms with Crippen LogP contribution in [0.15, 0.2) is 28.1 Å². The molecule has 5 nitrogen and oxygen atoms in total. The summed E-state index contributed by atoms with van der Waals surface area (Å²) in [5.74, 6) is -0.0632. The van der Waals surface area contributed by atoms with Gasteiger partial charge in [-0.25, -0.2) is 0 Å². The predicted molar refractivity (Wildman–Crippen MR) is 82.7 cm³/mol. The number of likely N-dealkylation sites (tertiary alicyclic amines) is 1. The Hall–Kier alpha value is -1.37. The van der Waals surface area contributed by atoms with Crippen molar-refractivity contribution in [2.24, 2.45) is 5.92 Å². The number of hydrogen-bond acceptors (Lipinski definition) is 5. The zero-order chi connectivity index (χ0) is 13.9. The quantitative estimate of drug-likeness (QED) is 0.934. The van der Waals surface area contributed by atoms with Gasteiger partial charge in [-0.3, -0.25) is 9.69 Å². The highest BCUT2D eigenvalue weighted by Crippen LogP contribution is 2.26. The molecule has 0 bridgehead atoms. The molecule has 0 amide bonds. The Morgan fingerprint density at radius 1 is 1.48 bits per heavy atom. The summed E-state index contributed by atoms with van der Waals surface area (Å²) in [4.78, 5) is 14.2. The van der Waals surface area contributed by atoms with Crippen LogP contribution in [-0.2, 0) is 11.3 Å². The third kappa shape index (κ3) is 3.84. The molecule has 0 aromatic carbocycles. The first-order valence-corrected chi connectivity index (χ1v) is 7.55. The van der Waals surface area contributed by atoms with Gasteiger partial charge in [-0.2, -0.15) is 0 Å². The highest BCUT2D eigenvalue weighted by Gasteiger charge is 2.24. The van der Waals surface area contributed by atoms with Gasteiger partial charge in [-0.15, -0.1) is 23.7 Å². The molecule has 0 spiro atoms. The lowest BCUT2D eigenvalue weighted by Gasteiger charge is -2.29. The summed E-state index contributed by atoms with van der Waals surface area (Å²) in [6, 6.07) is 5.96. The van der Waals surface area contributed by atoms with Crippen molar-refractivity contribution in [1.82, 2.24) is 10.1 Å². The predicted octanol–water partition coefficient (Wildman–Crippen LogP) is 3.12. The molecule has 0 unspecified atom stereocenters. The number of carboxylic acid groups (broad SMARTS) is 1. The molecule has 1 saturated heterocycles. The maximum atomic E-state index is 10.9. The van der Waals surface area contributed by atoms with Crippen LogP contribution in [0.5, 0.6) is 0 Å². The molecule has 2 aromatic heterocycles. The first-order chi connectivity index (χ1) is 9.72. The van der Waals surface area contributed by atoms with Crippen LogP contribution < -0.4 is 0 Å². The van der Waals surface area contributed by atoms with E-state index in [1.54, 1.807) is 11.3 Å². The number of aliphatic carboxylic acids is 1. The first kappa shape index (κ1) is 16.0. The Kier molecular flexibility index (Phi) is 5.39. The molecule has 7 heteroatoms. The van der Waals surface area contributed by atoms with Gasteiger partial charge in [0.2, 0.25) is 0 Å². The van der Waals surface area contributed by atoms with Crippen LogP contribution in [0.1, 0.15) is 18.5 Å². The van der Waals surface area contributed by atoms with Crippen LogP contribution in [-0.4, -0.2) is 34.2 Å². The van der Waals surface area contributed by atoms with Gasteiger partial charge in [-0.1, -0.05) is 11.2 Å². The van der Waals surface area contributed by atoms with Gasteiger partial charge in [0.1, 0.15) is 0 Å². The number of carbonyl (C=O) groups is 1. The summed E-state index contributed by atoms with van der Waals surface area (Å²) in [6.07, 6.45) is 1.43. The molecule has 0 saturated carbocycles. The molecule has 1 fully saturated rings. The molecule has 0 atom stereocenters. The smallest absolute Gasteiger partial charge is 0.306 e. The third-order valence-electron chi connectivity index (χ3n) is 3.65. The Balaban J connectivity index is 0.00000161. The minimum absolute atomic E-state index is 0. The van der Waals surface area contributed by atoms with E-state index in [1.807, 2.05) is 23.6 Å². The maximum absolute atomic E-state index is 10.9. The molecule has 1 N–H and O–H groups in total. The molecule has 114 valence electrons. The summed E-state index contributed by atoms with van der Waals surface area (Å²) in [6.45, 7) is 2.33. The maximum Gasteiger partial charge on any atom is 0.306 e. The first-order valence-electron chi connectivity index (χ1n) is 6.67. The molecular weight excluding hydrogens is 312 g/mol. The summed E-state index contributed by atoms with van der Waals surface area (Å²) in [5, 5.41) is 15.1. The van der Waals surface area contributed by atoms with Crippen molar-refractivity contribution in [2.45, 2.75) is 19.4 Å². The van der Waals surface area contributed by atoms with Crippen LogP contribution in [0.25, 0.3) is 10.6 Å². The van der Waals surface area contributed by atoms with Crippen molar-refractivity contribution in [2.75, 3.05) is 13.1 Å². The summed E-state index contributed by atoms with van der Waals surface area (Å²) in [7, 11) is 0. The Morgan fingerprint density at radius 2 is 2.24 bits per heavy atom. The van der Waals surface area contributed by atoms with Gasteiger partial charge >= 0.3 is 5.97 Å². The van der Waals surface area contributed by atoms with E-state index >= 15 is 0 Å². The van der Waals surface area contributed by atoms with Crippen molar-refractivity contribution in [3.05, 3.63) is 29.3 Å². The normalized spacial score (nSPS) is 16.6. The van der Waals surface area contributed by atoms with Crippen LogP contribution in [0.4, 0.5) is 0 Å². The summed E-state index contributed by atoms with van der Waals surface area (Å²) in [5.41, 5.74) is 0.905. The van der Waals surface area contributed by atoms with Crippen molar-refractivity contribution >= 4 is 29.7 Å². The minimum Gasteiger partial charge on any atom is -0.481 e. The highest BCUT2D eigenvalue weighted by atomic mass is 35.5. The van der Waals surface area contributed by atoms with Crippen molar-refractivity contribution in [3.63, 3.8) is 0 Å². The Bertz CT molecular complexity index is 577. The van der Waals surface area contributed by atoms with E-state index in [2.05, 4.69) is 10.1 Å². The van der Waals surface area contributed by atoms with Crippen molar-refractivity contribution in [3.8, 4) is 10.6 Å². The fourth-order valence-corrected chi connectivity index (χ4v) is 3.16. The van der Waals surface area contributed by atoms with Crippen LogP contribution >= 0.6 is 23.7 Å². The number of piperidine rings is 1. The van der Waals surface area contributed by atoms with E-state index in [1.165, 1.54) is 0 Å². The lowest BCUT2D eigenvalue weighted by atomic mass is 9.97. The van der Waals surface area contributed by atoms with Gasteiger partial charge < -0.3 is 9.63 Å². The van der Waals surface area contributed by atoms with E-state index < -0.39 is 5.97 Å². The molecule has 0 radical (unpaired) electrons. The molecule has 2 aromatic rings. The van der Waals surface area contributed by atoms with Gasteiger partial charge in [0.15, 0.2) is 5.76 Å². The highest BCUT2D eigenvalue weighted by molar-refractivity contribution is 7.13. The molecule has 21 heavy (non-hydrogen) atoms. The zero-order valence-corrected chi connectivity index (χ0v) is 13.0. The lowest BCUT2D eigenvalue weighted by Crippen LogP contribution is -2.35. The molecular formula is C14H17ClN2O3S. The van der Waals surface area contributed by atoms with Crippen molar-refractivity contribution in [1.29, 1.82) is 0 Å². The Morgan fingerprint density at radius 3 is 2.86 bits per heavy atom. The average Bonchev–Trinajstić information content (AvgIpc) is 3.09. The Labute approximate surface area is 133 Å². The van der Waals surface area contributed by atoms with Gasteiger partial charge in [0, 0.05) is 12.6 Å². The fraction of sp³-hybridized carbons (Fsp3) is 0.429. The second-order valence-corrected chi connectivity index (χ2v) is 6.00. The second-order valence-electron chi connectivity index (χ2n) is 5.05. The number of aromatic nitrogens is 1. The second kappa shape index (κ2) is 7.06. The molecule has 3 rings (SSSR count). The molecule has 3 heterocycles. The fourth-order valence-electron chi connectivity index (χ4n) is 2.49. The summed E-state index contributed by atoms with van der Waals surface area (Å²) >= 11 is 1.63. The van der Waals surface area contributed by atoms with Gasteiger partial charge in [0.25, 0.3) is 0 Å². The standard InChI is InChI=1S/C14H16N2O3S.ClH/c17-14(18)10-3-5-16(6-4-10)9-11-8-12(19-15-11)13-2-1-7-20-13;/h1-2,7-8,10H,3-6,9H2,(H,17,18);1H. The number of hydrogen-bond donors (Lipinski definition) is 1. The summed E-state index contributed by atoms with van der Waals surface area (Å²) < 4.78 is 5.35. The number of halogens is 1. The van der Waals surface area contributed by atoms with E-state index in [9.17, 15) is 4.79 Å². The largest absolute Gasteiger partial charge is 0.481 e. The van der Waals surface area contributed by atoms with Gasteiger partial charge in [-0.05, 0) is 37.4 Å². The number of nitrogens with zero attached hydrogens (tertiary/aromatic N) is 2. The van der Waals surface area contributed by atoms with Crippen LogP contribution in [0.2, 0.25) is 0 Å². The third-order valence-corrected chi connectivity index (χ3v) is 4.53. The topological polar surface area (TPSA) is 66.6 Å². The SMILES string of the molecule is Cl.O=C(O)C1CCN(Cc2cc(-c3cccs3)on2)CC1. The number of carboxylic acids is 1. The molecule has 1 aliphatic rings. The average molecular weight is 329 g/mol. The van der Waals surface area contributed by atoms with E-state index in [0.29, 0.717) is 12.8 Å². The minimum atomic E-state index is -0.675. The molecule has 1 aliphatic heterocycles. The van der Waals surface area contributed by atoms with E-state index in [-0.39, 0.29) is 18.3 Å². The lowest BCUT2D eigenvalue weighted by molar-refractivity contribution is -0.143. The number of rotatable bonds is 4. The van der Waals surface area contributed by atoms with E-state index in [4.69, 9.17) is 9.63 Å². The monoisotopic (exact) mass is 328 g/mol. The zero-order valence-electron chi connectivity index (χ0n) is 11.4.